The van der Waals surface area contributed by atoms with Gasteiger partial charge in [-0.2, -0.15) is 0 Å². The summed E-state index contributed by atoms with van der Waals surface area (Å²) in [4.78, 5) is 8.37. The molecule has 2 rings (SSSR count). The van der Waals surface area contributed by atoms with Crippen molar-refractivity contribution in [2.45, 2.75) is 20.4 Å². The molecule has 0 aliphatic carbocycles. The fourth-order valence-corrected chi connectivity index (χ4v) is 1.41. The molecule has 0 fully saturated rings. The van der Waals surface area contributed by atoms with E-state index in [1.165, 1.54) is 0 Å². The zero-order valence-corrected chi connectivity index (χ0v) is 9.32. The SMILES string of the molecule is Cc1nc(N)c(C)c(NCc2ccco2)n1. The Kier molecular flexibility index (Phi) is 2.76. The van der Waals surface area contributed by atoms with Crippen molar-refractivity contribution in [2.24, 2.45) is 0 Å². The molecule has 5 nitrogen and oxygen atoms in total. The molecule has 0 bridgehead atoms. The molecule has 0 amide bonds. The lowest BCUT2D eigenvalue weighted by Gasteiger charge is -2.09. The maximum Gasteiger partial charge on any atom is 0.135 e. The van der Waals surface area contributed by atoms with Gasteiger partial charge in [-0.25, -0.2) is 9.97 Å². The molecule has 3 N–H and O–H groups in total. The first kappa shape index (κ1) is 10.5. The van der Waals surface area contributed by atoms with Crippen LogP contribution in [-0.2, 0) is 6.54 Å². The van der Waals surface area contributed by atoms with Crippen molar-refractivity contribution < 1.29 is 4.42 Å². The van der Waals surface area contributed by atoms with Crippen LogP contribution in [0.2, 0.25) is 0 Å². The highest BCUT2D eigenvalue weighted by Gasteiger charge is 2.06. The maximum atomic E-state index is 5.76. The van der Waals surface area contributed by atoms with E-state index < -0.39 is 0 Å². The number of rotatable bonds is 3. The zero-order valence-electron chi connectivity index (χ0n) is 9.32. The van der Waals surface area contributed by atoms with Gasteiger partial charge >= 0.3 is 0 Å². The first-order chi connectivity index (χ1) is 7.66. The minimum atomic E-state index is 0.509. The molecule has 0 aromatic carbocycles. The maximum absolute atomic E-state index is 5.76. The molecule has 0 atom stereocenters. The molecule has 0 radical (unpaired) electrons. The Bertz CT molecular complexity index is 479. The molecule has 84 valence electrons. The Morgan fingerprint density at radius 3 is 2.88 bits per heavy atom. The Labute approximate surface area is 93.7 Å². The van der Waals surface area contributed by atoms with Gasteiger partial charge in [-0.05, 0) is 26.0 Å². The lowest BCUT2D eigenvalue weighted by molar-refractivity contribution is 0.517. The van der Waals surface area contributed by atoms with Crippen LogP contribution in [0.1, 0.15) is 17.1 Å². The number of nitrogens with two attached hydrogens (primary N) is 1. The molecule has 2 aromatic rings. The Hall–Kier alpha value is -2.04. The summed E-state index contributed by atoms with van der Waals surface area (Å²) < 4.78 is 5.22. The molecule has 2 heterocycles. The van der Waals surface area contributed by atoms with Crippen molar-refractivity contribution in [1.82, 2.24) is 9.97 Å². The van der Waals surface area contributed by atoms with Gasteiger partial charge < -0.3 is 15.5 Å². The van der Waals surface area contributed by atoms with Gasteiger partial charge in [-0.15, -0.1) is 0 Å². The van der Waals surface area contributed by atoms with E-state index in [1.54, 1.807) is 6.26 Å². The van der Waals surface area contributed by atoms with Gasteiger partial charge in [0, 0.05) is 5.56 Å². The van der Waals surface area contributed by atoms with Crippen LogP contribution in [0.4, 0.5) is 11.6 Å². The summed E-state index contributed by atoms with van der Waals surface area (Å²) in [5.41, 5.74) is 6.61. The Balaban J connectivity index is 2.15. The molecule has 0 saturated heterocycles. The third-order valence-corrected chi connectivity index (χ3v) is 2.31. The van der Waals surface area contributed by atoms with E-state index in [4.69, 9.17) is 10.2 Å². The Morgan fingerprint density at radius 2 is 2.19 bits per heavy atom. The summed E-state index contributed by atoms with van der Waals surface area (Å²) in [6, 6.07) is 3.75. The van der Waals surface area contributed by atoms with Crippen LogP contribution in [0.25, 0.3) is 0 Å². The number of hydrogen-bond donors (Lipinski definition) is 2. The van der Waals surface area contributed by atoms with E-state index in [0.29, 0.717) is 18.2 Å². The molecule has 2 aromatic heterocycles. The molecule has 5 heteroatoms. The minimum absolute atomic E-state index is 0.509. The molecular formula is C11H14N4O. The summed E-state index contributed by atoms with van der Waals surface area (Å²) in [6.45, 7) is 4.29. The number of furan rings is 1. The quantitative estimate of drug-likeness (QED) is 0.822. The van der Waals surface area contributed by atoms with E-state index in [9.17, 15) is 0 Å². The van der Waals surface area contributed by atoms with E-state index in [0.717, 1.165) is 17.1 Å². The van der Waals surface area contributed by atoms with Crippen LogP contribution >= 0.6 is 0 Å². The lowest BCUT2D eigenvalue weighted by atomic mass is 10.3. The molecule has 0 saturated carbocycles. The first-order valence-electron chi connectivity index (χ1n) is 5.04. The molecule has 0 spiro atoms. The summed E-state index contributed by atoms with van der Waals surface area (Å²) in [6.07, 6.45) is 1.64. The second-order valence-electron chi connectivity index (χ2n) is 3.56. The van der Waals surface area contributed by atoms with Crippen LogP contribution in [0, 0.1) is 13.8 Å². The summed E-state index contributed by atoms with van der Waals surface area (Å²) >= 11 is 0. The van der Waals surface area contributed by atoms with Crippen LogP contribution < -0.4 is 11.1 Å². The van der Waals surface area contributed by atoms with Gasteiger partial charge in [0.1, 0.15) is 23.2 Å². The normalized spacial score (nSPS) is 10.4. The molecule has 0 aliphatic heterocycles. The number of aryl methyl sites for hydroxylation is 1. The van der Waals surface area contributed by atoms with Crippen LogP contribution in [0.15, 0.2) is 22.8 Å². The van der Waals surface area contributed by atoms with Crippen molar-refractivity contribution >= 4 is 11.6 Å². The van der Waals surface area contributed by atoms with Crippen LogP contribution in [-0.4, -0.2) is 9.97 Å². The molecule has 16 heavy (non-hydrogen) atoms. The topological polar surface area (TPSA) is 77.0 Å². The van der Waals surface area contributed by atoms with Gasteiger partial charge in [0.05, 0.1) is 12.8 Å². The van der Waals surface area contributed by atoms with Gasteiger partial charge in [0.15, 0.2) is 0 Å². The second kappa shape index (κ2) is 4.22. The Morgan fingerprint density at radius 1 is 1.38 bits per heavy atom. The average molecular weight is 218 g/mol. The summed E-state index contributed by atoms with van der Waals surface area (Å²) in [5.74, 6) is 2.77. The number of anilines is 2. The smallest absolute Gasteiger partial charge is 0.135 e. The number of nitrogens with one attached hydrogen (secondary N) is 1. The fraction of sp³-hybridized carbons (Fsp3) is 0.273. The predicted molar refractivity (Wildman–Crippen MR) is 62.0 cm³/mol. The van der Waals surface area contributed by atoms with Crippen molar-refractivity contribution in [1.29, 1.82) is 0 Å². The monoisotopic (exact) mass is 218 g/mol. The van der Waals surface area contributed by atoms with E-state index in [1.807, 2.05) is 26.0 Å². The van der Waals surface area contributed by atoms with Crippen molar-refractivity contribution in [3.8, 4) is 0 Å². The van der Waals surface area contributed by atoms with Gasteiger partial charge in [0.25, 0.3) is 0 Å². The van der Waals surface area contributed by atoms with E-state index in [2.05, 4.69) is 15.3 Å². The van der Waals surface area contributed by atoms with Crippen molar-refractivity contribution in [3.05, 3.63) is 35.5 Å². The third kappa shape index (κ3) is 2.13. The van der Waals surface area contributed by atoms with Crippen molar-refractivity contribution in [3.63, 3.8) is 0 Å². The summed E-state index contributed by atoms with van der Waals surface area (Å²) in [7, 11) is 0. The van der Waals surface area contributed by atoms with Gasteiger partial charge in [0.2, 0.25) is 0 Å². The van der Waals surface area contributed by atoms with Crippen LogP contribution in [0.3, 0.4) is 0 Å². The van der Waals surface area contributed by atoms with Gasteiger partial charge in [-0.1, -0.05) is 0 Å². The number of nitrogens with zero attached hydrogens (tertiary/aromatic N) is 2. The largest absolute Gasteiger partial charge is 0.467 e. The fourth-order valence-electron chi connectivity index (χ4n) is 1.41. The van der Waals surface area contributed by atoms with E-state index in [-0.39, 0.29) is 0 Å². The highest BCUT2D eigenvalue weighted by atomic mass is 16.3. The summed E-state index contributed by atoms with van der Waals surface area (Å²) in [5, 5.41) is 3.17. The third-order valence-electron chi connectivity index (χ3n) is 2.31. The molecule has 0 aliphatic rings. The highest BCUT2D eigenvalue weighted by molar-refractivity contribution is 5.54. The minimum Gasteiger partial charge on any atom is -0.467 e. The lowest BCUT2D eigenvalue weighted by Crippen LogP contribution is -2.07. The number of hydrogen-bond acceptors (Lipinski definition) is 5. The number of aromatic nitrogens is 2. The van der Waals surface area contributed by atoms with Crippen LogP contribution in [0.5, 0.6) is 0 Å². The second-order valence-corrected chi connectivity index (χ2v) is 3.56. The van der Waals surface area contributed by atoms with Crippen molar-refractivity contribution in [2.75, 3.05) is 11.1 Å². The molecule has 0 unspecified atom stereocenters. The van der Waals surface area contributed by atoms with E-state index >= 15 is 0 Å². The zero-order chi connectivity index (χ0) is 11.5. The highest BCUT2D eigenvalue weighted by Crippen LogP contribution is 2.17. The first-order valence-corrected chi connectivity index (χ1v) is 5.04. The average Bonchev–Trinajstić information content (AvgIpc) is 2.74. The standard InChI is InChI=1S/C11H14N4O/c1-7-10(12)14-8(2)15-11(7)13-6-9-4-3-5-16-9/h3-5H,6H2,1-2H3,(H3,12,13,14,15). The number of nitrogen functional groups attached to an aromatic ring is 1. The molecular weight excluding hydrogens is 204 g/mol. The van der Waals surface area contributed by atoms with Gasteiger partial charge in [-0.3, -0.25) is 0 Å². The predicted octanol–water partition coefficient (Wildman–Crippen LogP) is 1.88.